The van der Waals surface area contributed by atoms with Gasteiger partial charge < -0.3 is 4.74 Å². The van der Waals surface area contributed by atoms with Gasteiger partial charge >= 0.3 is 5.97 Å². The number of halogens is 2. The summed E-state index contributed by atoms with van der Waals surface area (Å²) in [6, 6.07) is 6.32. The van der Waals surface area contributed by atoms with Crippen molar-refractivity contribution in [3.63, 3.8) is 0 Å². The predicted molar refractivity (Wildman–Crippen MR) is 68.2 cm³/mol. The number of esters is 1. The monoisotopic (exact) mass is 313 g/mol. The molecule has 0 spiro atoms. The molecule has 0 saturated carbocycles. The largest absolute Gasteiger partial charge is 0.465 e. The van der Waals surface area contributed by atoms with Gasteiger partial charge in [-0.3, -0.25) is 4.79 Å². The summed E-state index contributed by atoms with van der Waals surface area (Å²) in [6.07, 6.45) is -0.0202. The lowest BCUT2D eigenvalue weighted by atomic mass is 9.85. The van der Waals surface area contributed by atoms with Crippen LogP contribution in [0.15, 0.2) is 22.7 Å². The second-order valence-corrected chi connectivity index (χ2v) is 4.99. The molecule has 0 amide bonds. The molecule has 0 radical (unpaired) electrons. The average molecular weight is 314 g/mol. The molecule has 1 atom stereocenters. The van der Waals surface area contributed by atoms with E-state index in [4.69, 9.17) is 10.00 Å². The Morgan fingerprint density at radius 3 is 2.83 bits per heavy atom. The van der Waals surface area contributed by atoms with E-state index in [1.165, 1.54) is 13.0 Å². The van der Waals surface area contributed by atoms with Crippen molar-refractivity contribution in [1.82, 2.24) is 0 Å². The average Bonchev–Trinajstić information content (AvgIpc) is 2.34. The van der Waals surface area contributed by atoms with Gasteiger partial charge in [-0.2, -0.15) is 5.26 Å². The van der Waals surface area contributed by atoms with Gasteiger partial charge in [-0.1, -0.05) is 15.9 Å². The Bertz CT molecular complexity index is 498. The number of carbonyl (C=O) groups is 1. The van der Waals surface area contributed by atoms with Gasteiger partial charge in [0, 0.05) is 10.9 Å². The van der Waals surface area contributed by atoms with Gasteiger partial charge in [-0.25, -0.2) is 4.39 Å². The Labute approximate surface area is 114 Å². The van der Waals surface area contributed by atoms with Crippen LogP contribution in [-0.4, -0.2) is 12.6 Å². The minimum absolute atomic E-state index is 0.0202. The third kappa shape index (κ3) is 3.30. The summed E-state index contributed by atoms with van der Waals surface area (Å²) in [7, 11) is 0. The highest BCUT2D eigenvalue weighted by molar-refractivity contribution is 9.10. The van der Waals surface area contributed by atoms with Gasteiger partial charge in [-0.15, -0.1) is 0 Å². The van der Waals surface area contributed by atoms with E-state index in [9.17, 15) is 9.18 Å². The van der Waals surface area contributed by atoms with E-state index in [0.29, 0.717) is 10.0 Å². The van der Waals surface area contributed by atoms with Crippen LogP contribution in [0.5, 0.6) is 0 Å². The summed E-state index contributed by atoms with van der Waals surface area (Å²) in [5.41, 5.74) is -1.07. The molecule has 0 aliphatic carbocycles. The standard InChI is InChI=1S/C13H13BrFNO2/c1-3-18-12(17)13(2,8-16)7-9-6-10(14)4-5-11(9)15/h4-6H,3,7H2,1-2H3. The molecule has 0 aliphatic rings. The first-order valence-corrected chi connectivity index (χ1v) is 6.24. The SMILES string of the molecule is CCOC(=O)C(C)(C#N)Cc1cc(Br)ccc1F. The number of benzene rings is 1. The van der Waals surface area contributed by atoms with Crippen LogP contribution in [-0.2, 0) is 16.0 Å². The molecule has 0 heterocycles. The van der Waals surface area contributed by atoms with Crippen molar-refractivity contribution in [2.75, 3.05) is 6.61 Å². The first kappa shape index (κ1) is 14.7. The van der Waals surface area contributed by atoms with E-state index in [1.807, 2.05) is 6.07 Å². The molecule has 1 aromatic carbocycles. The Morgan fingerprint density at radius 1 is 1.61 bits per heavy atom. The lowest BCUT2D eigenvalue weighted by Gasteiger charge is -2.19. The third-order valence-electron chi connectivity index (χ3n) is 2.52. The predicted octanol–water partition coefficient (Wildman–Crippen LogP) is 3.22. The third-order valence-corrected chi connectivity index (χ3v) is 3.02. The molecule has 1 unspecified atom stereocenters. The second-order valence-electron chi connectivity index (χ2n) is 4.08. The minimum atomic E-state index is -1.38. The van der Waals surface area contributed by atoms with Gasteiger partial charge in [0.2, 0.25) is 0 Å². The maximum absolute atomic E-state index is 13.6. The number of ether oxygens (including phenoxy) is 1. The van der Waals surface area contributed by atoms with Crippen LogP contribution in [0, 0.1) is 22.6 Å². The number of carbonyl (C=O) groups excluding carboxylic acids is 1. The lowest BCUT2D eigenvalue weighted by molar-refractivity contribution is -0.151. The van der Waals surface area contributed by atoms with Crippen LogP contribution in [0.4, 0.5) is 4.39 Å². The highest BCUT2D eigenvalue weighted by atomic mass is 79.9. The zero-order valence-corrected chi connectivity index (χ0v) is 11.8. The van der Waals surface area contributed by atoms with Gasteiger partial charge in [0.1, 0.15) is 5.82 Å². The molecule has 3 nitrogen and oxygen atoms in total. The van der Waals surface area contributed by atoms with Crippen molar-refractivity contribution in [3.8, 4) is 6.07 Å². The van der Waals surface area contributed by atoms with Crippen molar-refractivity contribution in [3.05, 3.63) is 34.1 Å². The highest BCUT2D eigenvalue weighted by Crippen LogP contribution is 2.27. The number of hydrogen-bond donors (Lipinski definition) is 0. The first-order chi connectivity index (χ1) is 8.42. The fourth-order valence-electron chi connectivity index (χ4n) is 1.51. The summed E-state index contributed by atoms with van der Waals surface area (Å²) < 4.78 is 19.1. The Morgan fingerprint density at radius 2 is 2.28 bits per heavy atom. The zero-order chi connectivity index (χ0) is 13.8. The molecule has 1 aromatic rings. The molecule has 96 valence electrons. The summed E-state index contributed by atoms with van der Waals surface area (Å²) in [5, 5.41) is 9.12. The molecule has 0 aliphatic heterocycles. The molecule has 5 heteroatoms. The van der Waals surface area contributed by atoms with Crippen molar-refractivity contribution in [1.29, 1.82) is 5.26 Å². The molecule has 1 rings (SSSR count). The van der Waals surface area contributed by atoms with Crippen LogP contribution in [0.1, 0.15) is 19.4 Å². The van der Waals surface area contributed by atoms with Gasteiger partial charge in [0.05, 0.1) is 12.7 Å². The molecule has 18 heavy (non-hydrogen) atoms. The van der Waals surface area contributed by atoms with Crippen LogP contribution < -0.4 is 0 Å². The number of nitriles is 1. The number of nitrogens with zero attached hydrogens (tertiary/aromatic N) is 1. The maximum Gasteiger partial charge on any atom is 0.326 e. The van der Waals surface area contributed by atoms with Gasteiger partial charge in [0.25, 0.3) is 0 Å². The summed E-state index contributed by atoms with van der Waals surface area (Å²) >= 11 is 3.23. The van der Waals surface area contributed by atoms with E-state index < -0.39 is 17.2 Å². The maximum atomic E-state index is 13.6. The Kier molecular flexibility index (Phi) is 4.85. The molecule has 0 N–H and O–H groups in total. The Hall–Kier alpha value is -1.41. The normalized spacial score (nSPS) is 13.5. The van der Waals surface area contributed by atoms with Crippen molar-refractivity contribution < 1.29 is 13.9 Å². The molecule has 0 bridgehead atoms. The summed E-state index contributed by atoms with van der Waals surface area (Å²) in [5.74, 6) is -1.07. The fourth-order valence-corrected chi connectivity index (χ4v) is 1.92. The van der Waals surface area contributed by atoms with Crippen LogP contribution in [0.25, 0.3) is 0 Å². The van der Waals surface area contributed by atoms with Gasteiger partial charge in [0.15, 0.2) is 5.41 Å². The molecule has 0 fully saturated rings. The fraction of sp³-hybridized carbons (Fsp3) is 0.385. The molecular formula is C13H13BrFNO2. The first-order valence-electron chi connectivity index (χ1n) is 5.45. The molecule has 0 saturated heterocycles. The van der Waals surface area contributed by atoms with Crippen molar-refractivity contribution >= 4 is 21.9 Å². The molecular weight excluding hydrogens is 301 g/mol. The van der Waals surface area contributed by atoms with E-state index >= 15 is 0 Å². The Balaban J connectivity index is 3.02. The van der Waals surface area contributed by atoms with Crippen LogP contribution in [0.2, 0.25) is 0 Å². The van der Waals surface area contributed by atoms with Crippen molar-refractivity contribution in [2.45, 2.75) is 20.3 Å². The van der Waals surface area contributed by atoms with E-state index in [2.05, 4.69) is 15.9 Å². The number of hydrogen-bond acceptors (Lipinski definition) is 3. The van der Waals surface area contributed by atoms with E-state index in [0.717, 1.165) is 0 Å². The smallest absolute Gasteiger partial charge is 0.326 e. The molecule has 0 aromatic heterocycles. The van der Waals surface area contributed by atoms with Crippen molar-refractivity contribution in [2.24, 2.45) is 5.41 Å². The van der Waals surface area contributed by atoms with E-state index in [-0.39, 0.29) is 13.0 Å². The topological polar surface area (TPSA) is 50.1 Å². The van der Waals surface area contributed by atoms with E-state index in [1.54, 1.807) is 19.1 Å². The highest BCUT2D eigenvalue weighted by Gasteiger charge is 2.36. The minimum Gasteiger partial charge on any atom is -0.465 e. The second kappa shape index (κ2) is 5.96. The summed E-state index contributed by atoms with van der Waals surface area (Å²) in [6.45, 7) is 3.30. The van der Waals surface area contributed by atoms with Crippen LogP contribution >= 0.6 is 15.9 Å². The quantitative estimate of drug-likeness (QED) is 0.802. The van der Waals surface area contributed by atoms with Crippen LogP contribution in [0.3, 0.4) is 0 Å². The summed E-state index contributed by atoms with van der Waals surface area (Å²) in [4.78, 5) is 11.7. The van der Waals surface area contributed by atoms with Gasteiger partial charge in [-0.05, 0) is 37.6 Å². The number of rotatable bonds is 4. The zero-order valence-electron chi connectivity index (χ0n) is 10.2. The lowest BCUT2D eigenvalue weighted by Crippen LogP contribution is -2.31.